The number of hydrogen-bond donors (Lipinski definition) is 3. The molecule has 2 unspecified atom stereocenters. The van der Waals surface area contributed by atoms with E-state index in [2.05, 4.69) is 20.5 Å². The number of rotatable bonds is 8. The molecule has 0 aromatic rings. The van der Waals surface area contributed by atoms with Crippen molar-refractivity contribution in [3.05, 3.63) is 0 Å². The molecule has 2 rings (SSSR count). The monoisotopic (exact) mass is 537 g/mol. The van der Waals surface area contributed by atoms with Gasteiger partial charge >= 0.3 is 6.18 Å². The summed E-state index contributed by atoms with van der Waals surface area (Å²) in [5, 5.41) is 17.0. The van der Waals surface area contributed by atoms with Crippen molar-refractivity contribution in [2.45, 2.75) is 32.0 Å². The molecular weight excluding hydrogens is 502 g/mol. The average molecular weight is 537 g/mol. The maximum absolute atomic E-state index is 12.5. The summed E-state index contributed by atoms with van der Waals surface area (Å²) in [4.78, 5) is 8.09. The number of guanidine groups is 1. The number of aliphatic imine (C=N–C) groups is 1. The lowest BCUT2D eigenvalue weighted by Crippen LogP contribution is -2.48. The van der Waals surface area contributed by atoms with Crippen molar-refractivity contribution >= 4 is 29.9 Å². The number of ether oxygens (including phenoxy) is 1. The molecule has 0 bridgehead atoms. The number of nitrogens with one attached hydrogen (secondary N) is 2. The molecule has 2 aliphatic heterocycles. The Kier molecular flexibility index (Phi) is 11.5. The summed E-state index contributed by atoms with van der Waals surface area (Å²) in [7, 11) is 0. The lowest BCUT2D eigenvalue weighted by molar-refractivity contribution is -0.143. The van der Waals surface area contributed by atoms with Crippen molar-refractivity contribution in [3.8, 4) is 0 Å². The highest BCUT2D eigenvalue weighted by atomic mass is 127. The van der Waals surface area contributed by atoms with E-state index in [9.17, 15) is 18.3 Å². The smallest absolute Gasteiger partial charge is 0.387 e. The summed E-state index contributed by atoms with van der Waals surface area (Å²) >= 11 is 0. The third-order valence-corrected chi connectivity index (χ3v) is 4.92. The molecule has 0 saturated carbocycles. The molecule has 0 amide bonds. The number of β-amino-alcohol motifs (C(OH)–C–C–N with tert-alkyl or cyclic N) is 1. The molecule has 2 fully saturated rings. The molecule has 2 heterocycles. The first-order valence-corrected chi connectivity index (χ1v) is 10.0. The van der Waals surface area contributed by atoms with Crippen molar-refractivity contribution < 1.29 is 23.0 Å². The van der Waals surface area contributed by atoms with E-state index >= 15 is 0 Å². The maximum Gasteiger partial charge on any atom is 0.401 e. The molecule has 0 aromatic carbocycles. The molecule has 2 saturated heterocycles. The normalized spacial score (nSPS) is 24.1. The Morgan fingerprint density at radius 3 is 2.45 bits per heavy atom. The summed E-state index contributed by atoms with van der Waals surface area (Å²) in [6.07, 6.45) is -3.41. The summed E-state index contributed by atoms with van der Waals surface area (Å²) in [6, 6.07) is 0. The molecule has 2 aliphatic rings. The minimum Gasteiger partial charge on any atom is -0.387 e. The second-order valence-corrected chi connectivity index (χ2v) is 7.97. The van der Waals surface area contributed by atoms with Crippen LogP contribution in [-0.4, -0.2) is 105 Å². The van der Waals surface area contributed by atoms with E-state index in [0.717, 1.165) is 19.5 Å². The van der Waals surface area contributed by atoms with E-state index in [1.807, 2.05) is 6.92 Å². The van der Waals surface area contributed by atoms with Crippen LogP contribution in [0, 0.1) is 5.92 Å². The third-order valence-electron chi connectivity index (χ3n) is 4.92. The van der Waals surface area contributed by atoms with Crippen LogP contribution in [0.25, 0.3) is 0 Å². The zero-order valence-corrected chi connectivity index (χ0v) is 19.6. The van der Waals surface area contributed by atoms with Crippen LogP contribution in [0.2, 0.25) is 0 Å². The highest BCUT2D eigenvalue weighted by Crippen LogP contribution is 2.22. The van der Waals surface area contributed by atoms with Gasteiger partial charge in [-0.15, -0.1) is 24.0 Å². The quantitative estimate of drug-likeness (QED) is 0.245. The molecule has 2 atom stereocenters. The number of hydrogen-bond acceptors (Lipinski definition) is 5. The van der Waals surface area contributed by atoms with Gasteiger partial charge in [0.05, 0.1) is 31.9 Å². The van der Waals surface area contributed by atoms with Gasteiger partial charge in [-0.3, -0.25) is 14.8 Å². The van der Waals surface area contributed by atoms with E-state index in [4.69, 9.17) is 4.74 Å². The van der Waals surface area contributed by atoms with E-state index < -0.39 is 18.3 Å². The van der Waals surface area contributed by atoms with Crippen molar-refractivity contribution in [2.24, 2.45) is 10.9 Å². The number of likely N-dealkylation sites (tertiary alicyclic amines) is 1. The largest absolute Gasteiger partial charge is 0.401 e. The van der Waals surface area contributed by atoms with Gasteiger partial charge in [0, 0.05) is 39.3 Å². The van der Waals surface area contributed by atoms with Gasteiger partial charge in [-0.2, -0.15) is 13.2 Å². The summed E-state index contributed by atoms with van der Waals surface area (Å²) < 4.78 is 42.8. The first kappa shape index (κ1) is 26.7. The number of halogens is 4. The summed E-state index contributed by atoms with van der Waals surface area (Å²) in [5.74, 6) is 0.735. The molecule has 3 N–H and O–H groups in total. The van der Waals surface area contributed by atoms with E-state index in [1.54, 1.807) is 6.92 Å². The second kappa shape index (κ2) is 12.5. The third kappa shape index (κ3) is 11.0. The Bertz CT molecular complexity index is 502. The highest BCUT2D eigenvalue weighted by molar-refractivity contribution is 14.0. The van der Waals surface area contributed by atoms with Gasteiger partial charge in [0.15, 0.2) is 5.96 Å². The second-order valence-electron chi connectivity index (χ2n) is 7.97. The lowest BCUT2D eigenvalue weighted by Gasteiger charge is -2.33. The molecule has 11 heteroatoms. The Morgan fingerprint density at radius 1 is 1.14 bits per heavy atom. The van der Waals surface area contributed by atoms with Gasteiger partial charge in [-0.25, -0.2) is 0 Å². The number of nitrogens with zero attached hydrogens (tertiary/aromatic N) is 3. The molecule has 172 valence electrons. The van der Waals surface area contributed by atoms with Crippen LogP contribution < -0.4 is 10.6 Å². The first-order chi connectivity index (χ1) is 13.2. The lowest BCUT2D eigenvalue weighted by atomic mass is 10.1. The van der Waals surface area contributed by atoms with E-state index in [0.29, 0.717) is 51.9 Å². The number of alkyl halides is 3. The molecule has 0 aliphatic carbocycles. The standard InChI is InChI=1S/C18H34F3N5O2.HI/c1-3-22-16(23-10-15-4-5-26(11-15)14-18(19,20)21)24-12-17(2,27)13-25-6-8-28-9-7-25;/h15,27H,3-14H2,1-2H3,(H2,22,23,24);1H. The first-order valence-electron chi connectivity index (χ1n) is 10.0. The van der Waals surface area contributed by atoms with Gasteiger partial charge < -0.3 is 20.5 Å². The van der Waals surface area contributed by atoms with Crippen molar-refractivity contribution in [2.75, 3.05) is 72.1 Å². The number of aliphatic hydroxyl groups is 1. The van der Waals surface area contributed by atoms with Crippen molar-refractivity contribution in [1.82, 2.24) is 20.4 Å². The molecule has 29 heavy (non-hydrogen) atoms. The minimum atomic E-state index is -4.15. The SMILES string of the molecule is CCNC(=NCC(C)(O)CN1CCOCC1)NCC1CCN(CC(F)(F)F)C1.I. The Hall–Kier alpha value is -0.370. The Balaban J connectivity index is 0.00000420. The fourth-order valence-corrected chi connectivity index (χ4v) is 3.60. The van der Waals surface area contributed by atoms with Crippen LogP contribution in [0.15, 0.2) is 4.99 Å². The zero-order valence-electron chi connectivity index (χ0n) is 17.3. The van der Waals surface area contributed by atoms with Gasteiger partial charge in [-0.1, -0.05) is 0 Å². The Labute approximate surface area is 188 Å². The Morgan fingerprint density at radius 2 is 1.83 bits per heavy atom. The van der Waals surface area contributed by atoms with Gasteiger partial charge in [0.25, 0.3) is 0 Å². The average Bonchev–Trinajstić information content (AvgIpc) is 3.03. The molecule has 0 spiro atoms. The molecule has 7 nitrogen and oxygen atoms in total. The van der Waals surface area contributed by atoms with Gasteiger partial charge in [-0.05, 0) is 32.7 Å². The van der Waals surface area contributed by atoms with E-state index in [-0.39, 0.29) is 36.4 Å². The zero-order chi connectivity index (χ0) is 20.6. The van der Waals surface area contributed by atoms with Crippen LogP contribution in [0.4, 0.5) is 13.2 Å². The predicted molar refractivity (Wildman–Crippen MR) is 118 cm³/mol. The van der Waals surface area contributed by atoms with E-state index in [1.165, 1.54) is 4.90 Å². The minimum absolute atomic E-state index is 0. The molecule has 0 radical (unpaired) electrons. The van der Waals surface area contributed by atoms with Crippen molar-refractivity contribution in [1.29, 1.82) is 0 Å². The van der Waals surface area contributed by atoms with Crippen LogP contribution in [-0.2, 0) is 4.74 Å². The topological polar surface area (TPSA) is 72.4 Å². The molecular formula is C18H35F3IN5O2. The summed E-state index contributed by atoms with van der Waals surface area (Å²) in [6.45, 7) is 8.71. The summed E-state index contributed by atoms with van der Waals surface area (Å²) in [5.41, 5.74) is -0.962. The van der Waals surface area contributed by atoms with Gasteiger partial charge in [0.1, 0.15) is 0 Å². The fourth-order valence-electron chi connectivity index (χ4n) is 3.60. The van der Waals surface area contributed by atoms with Crippen LogP contribution in [0.5, 0.6) is 0 Å². The number of morpholine rings is 1. The van der Waals surface area contributed by atoms with Crippen LogP contribution in [0.3, 0.4) is 0 Å². The van der Waals surface area contributed by atoms with Gasteiger partial charge in [0.2, 0.25) is 0 Å². The molecule has 0 aromatic heterocycles. The fraction of sp³-hybridized carbons (Fsp3) is 0.944. The highest BCUT2D eigenvalue weighted by Gasteiger charge is 2.34. The van der Waals surface area contributed by atoms with Crippen molar-refractivity contribution in [3.63, 3.8) is 0 Å². The van der Waals surface area contributed by atoms with Crippen LogP contribution >= 0.6 is 24.0 Å². The maximum atomic E-state index is 12.5. The van der Waals surface area contributed by atoms with Crippen LogP contribution in [0.1, 0.15) is 20.3 Å². The predicted octanol–water partition coefficient (Wildman–Crippen LogP) is 1.13.